The Balaban J connectivity index is 1.88. The van der Waals surface area contributed by atoms with E-state index < -0.39 is 0 Å². The van der Waals surface area contributed by atoms with Gasteiger partial charge in [-0.25, -0.2) is 4.98 Å². The highest BCUT2D eigenvalue weighted by Gasteiger charge is 2.34. The van der Waals surface area contributed by atoms with Gasteiger partial charge in [0.15, 0.2) is 0 Å². The number of nitrogens with one attached hydrogen (secondary N) is 1. The van der Waals surface area contributed by atoms with Gasteiger partial charge in [-0.2, -0.15) is 0 Å². The first-order valence-electron chi connectivity index (χ1n) is 7.68. The number of hydrogen-bond acceptors (Lipinski definition) is 4. The zero-order chi connectivity index (χ0) is 14.7. The summed E-state index contributed by atoms with van der Waals surface area (Å²) in [5, 5.41) is 4.95. The van der Waals surface area contributed by atoms with Crippen LogP contribution in [0, 0.1) is 0 Å². The van der Waals surface area contributed by atoms with E-state index in [0.29, 0.717) is 17.2 Å². The van der Waals surface area contributed by atoms with E-state index in [0.717, 1.165) is 24.6 Å². The summed E-state index contributed by atoms with van der Waals surface area (Å²) < 4.78 is 5.44. The Kier molecular flexibility index (Phi) is 4.66. The van der Waals surface area contributed by atoms with Crippen LogP contribution in [-0.2, 0) is 0 Å². The molecule has 1 heterocycles. The van der Waals surface area contributed by atoms with E-state index in [9.17, 15) is 0 Å². The van der Waals surface area contributed by atoms with Gasteiger partial charge in [-0.05, 0) is 36.4 Å². The average molecular weight is 302 g/mol. The molecule has 3 unspecified atom stereocenters. The van der Waals surface area contributed by atoms with Crippen molar-refractivity contribution in [1.29, 1.82) is 0 Å². The first-order valence-corrected chi connectivity index (χ1v) is 8.56. The van der Waals surface area contributed by atoms with Crippen molar-refractivity contribution in [2.45, 2.75) is 49.1 Å². The van der Waals surface area contributed by atoms with Crippen molar-refractivity contribution in [2.24, 2.45) is 0 Å². The third-order valence-electron chi connectivity index (χ3n) is 4.10. The largest absolute Gasteiger partial charge is 0.440 e. The summed E-state index contributed by atoms with van der Waals surface area (Å²) in [7, 11) is 0. The Morgan fingerprint density at radius 3 is 2.86 bits per heavy atom. The van der Waals surface area contributed by atoms with E-state index in [2.05, 4.69) is 48.4 Å². The van der Waals surface area contributed by atoms with Crippen LogP contribution >= 0.6 is 11.8 Å². The highest BCUT2D eigenvalue weighted by Crippen LogP contribution is 2.44. The molecule has 0 spiro atoms. The van der Waals surface area contributed by atoms with Crippen molar-refractivity contribution >= 4 is 11.8 Å². The van der Waals surface area contributed by atoms with Gasteiger partial charge in [0, 0.05) is 11.3 Å². The Morgan fingerprint density at radius 2 is 2.14 bits per heavy atom. The third-order valence-corrected chi connectivity index (χ3v) is 5.27. The SMILES string of the molecule is CCCNC1c2ccccc2C(C)CC1Sc1ncco1. The first kappa shape index (κ1) is 14.7. The van der Waals surface area contributed by atoms with Crippen LogP contribution in [0.2, 0.25) is 0 Å². The predicted molar refractivity (Wildman–Crippen MR) is 86.7 cm³/mol. The van der Waals surface area contributed by atoms with Crippen molar-refractivity contribution in [1.82, 2.24) is 10.3 Å². The average Bonchev–Trinajstić information content (AvgIpc) is 3.00. The Hall–Kier alpha value is -1.26. The summed E-state index contributed by atoms with van der Waals surface area (Å²) in [6.45, 7) is 5.56. The first-order chi connectivity index (χ1) is 10.3. The van der Waals surface area contributed by atoms with Gasteiger partial charge in [-0.1, -0.05) is 49.9 Å². The lowest BCUT2D eigenvalue weighted by atomic mass is 9.80. The fraction of sp³-hybridized carbons (Fsp3) is 0.471. The van der Waals surface area contributed by atoms with Gasteiger partial charge in [-0.3, -0.25) is 0 Å². The van der Waals surface area contributed by atoms with E-state index in [1.807, 2.05) is 0 Å². The lowest BCUT2D eigenvalue weighted by Crippen LogP contribution is -2.35. The second kappa shape index (κ2) is 6.67. The van der Waals surface area contributed by atoms with Gasteiger partial charge in [0.2, 0.25) is 0 Å². The second-order valence-electron chi connectivity index (χ2n) is 5.65. The van der Waals surface area contributed by atoms with Crippen molar-refractivity contribution in [2.75, 3.05) is 6.54 Å². The zero-order valence-electron chi connectivity index (χ0n) is 12.6. The topological polar surface area (TPSA) is 38.1 Å². The molecule has 1 aromatic carbocycles. The quantitative estimate of drug-likeness (QED) is 0.889. The minimum Gasteiger partial charge on any atom is -0.440 e. The van der Waals surface area contributed by atoms with E-state index in [1.54, 1.807) is 24.2 Å². The molecule has 0 bridgehead atoms. The summed E-state index contributed by atoms with van der Waals surface area (Å²) in [6, 6.07) is 9.20. The number of aromatic nitrogens is 1. The molecule has 21 heavy (non-hydrogen) atoms. The van der Waals surface area contributed by atoms with E-state index in [-0.39, 0.29) is 0 Å². The van der Waals surface area contributed by atoms with Crippen molar-refractivity contribution < 1.29 is 4.42 Å². The summed E-state index contributed by atoms with van der Waals surface area (Å²) >= 11 is 1.76. The molecule has 0 amide bonds. The number of benzene rings is 1. The van der Waals surface area contributed by atoms with Crippen LogP contribution in [0.15, 0.2) is 46.4 Å². The molecular weight excluding hydrogens is 280 g/mol. The highest BCUT2D eigenvalue weighted by molar-refractivity contribution is 7.99. The van der Waals surface area contributed by atoms with Gasteiger partial charge < -0.3 is 9.73 Å². The molecule has 3 rings (SSSR count). The molecule has 1 aromatic heterocycles. The van der Waals surface area contributed by atoms with Crippen LogP contribution in [0.4, 0.5) is 0 Å². The van der Waals surface area contributed by atoms with Crippen LogP contribution in [0.25, 0.3) is 0 Å². The Morgan fingerprint density at radius 1 is 1.33 bits per heavy atom. The standard InChI is InChI=1S/C17H22N2OS/c1-3-8-18-16-14-7-5-4-6-13(14)12(2)11-15(16)21-17-19-9-10-20-17/h4-7,9-10,12,15-16,18H,3,8,11H2,1-2H3. The maximum absolute atomic E-state index is 5.44. The fourth-order valence-electron chi connectivity index (χ4n) is 3.11. The Bertz CT molecular complexity index is 570. The molecule has 1 N–H and O–H groups in total. The number of rotatable bonds is 5. The maximum atomic E-state index is 5.44. The van der Waals surface area contributed by atoms with Crippen LogP contribution in [-0.4, -0.2) is 16.8 Å². The van der Waals surface area contributed by atoms with Crippen LogP contribution in [0.5, 0.6) is 0 Å². The molecule has 0 aliphatic heterocycles. The number of hydrogen-bond donors (Lipinski definition) is 1. The number of nitrogens with zero attached hydrogens (tertiary/aromatic N) is 1. The lowest BCUT2D eigenvalue weighted by molar-refractivity contribution is 0.427. The molecule has 2 aromatic rings. The maximum Gasteiger partial charge on any atom is 0.255 e. The van der Waals surface area contributed by atoms with Gasteiger partial charge in [0.05, 0.1) is 6.20 Å². The van der Waals surface area contributed by atoms with E-state index >= 15 is 0 Å². The van der Waals surface area contributed by atoms with Crippen LogP contribution < -0.4 is 5.32 Å². The van der Waals surface area contributed by atoms with E-state index in [4.69, 9.17) is 4.42 Å². The third kappa shape index (κ3) is 3.16. The molecule has 0 fully saturated rings. The smallest absolute Gasteiger partial charge is 0.255 e. The molecule has 1 aliphatic carbocycles. The second-order valence-corrected chi connectivity index (χ2v) is 6.84. The summed E-state index contributed by atoms with van der Waals surface area (Å²) in [5.74, 6) is 0.577. The summed E-state index contributed by atoms with van der Waals surface area (Å²) in [5.41, 5.74) is 2.92. The molecule has 0 saturated carbocycles. The number of fused-ring (bicyclic) bond motifs is 1. The summed E-state index contributed by atoms with van der Waals surface area (Å²) in [4.78, 5) is 4.27. The summed E-state index contributed by atoms with van der Waals surface area (Å²) in [6.07, 6.45) is 5.66. The van der Waals surface area contributed by atoms with Crippen LogP contribution in [0.3, 0.4) is 0 Å². The van der Waals surface area contributed by atoms with Gasteiger partial charge >= 0.3 is 0 Å². The molecule has 1 aliphatic rings. The highest BCUT2D eigenvalue weighted by atomic mass is 32.2. The number of thioether (sulfide) groups is 1. The van der Waals surface area contributed by atoms with Crippen molar-refractivity contribution in [3.8, 4) is 0 Å². The van der Waals surface area contributed by atoms with Crippen molar-refractivity contribution in [3.63, 3.8) is 0 Å². The minimum atomic E-state index is 0.370. The molecule has 0 saturated heterocycles. The normalized spacial score (nSPS) is 24.8. The molecule has 0 radical (unpaired) electrons. The minimum absolute atomic E-state index is 0.370. The molecule has 112 valence electrons. The van der Waals surface area contributed by atoms with Gasteiger partial charge in [-0.15, -0.1) is 0 Å². The van der Waals surface area contributed by atoms with Crippen LogP contribution in [0.1, 0.15) is 49.8 Å². The predicted octanol–water partition coefficient (Wildman–Crippen LogP) is 4.38. The molecule has 3 nitrogen and oxygen atoms in total. The fourth-order valence-corrected chi connectivity index (χ4v) is 4.37. The molecule has 4 heteroatoms. The van der Waals surface area contributed by atoms with Gasteiger partial charge in [0.25, 0.3) is 5.22 Å². The zero-order valence-corrected chi connectivity index (χ0v) is 13.4. The monoisotopic (exact) mass is 302 g/mol. The molecule has 3 atom stereocenters. The lowest BCUT2D eigenvalue weighted by Gasteiger charge is -2.36. The number of oxazole rings is 1. The van der Waals surface area contributed by atoms with E-state index in [1.165, 1.54) is 11.1 Å². The van der Waals surface area contributed by atoms with Crippen molar-refractivity contribution in [3.05, 3.63) is 47.9 Å². The molecular formula is C17H22N2OS. The Labute approximate surface area is 130 Å². The van der Waals surface area contributed by atoms with Gasteiger partial charge in [0.1, 0.15) is 6.26 Å².